The summed E-state index contributed by atoms with van der Waals surface area (Å²) in [6.07, 6.45) is 6.10. The van der Waals surface area contributed by atoms with E-state index in [-0.39, 0.29) is 30.3 Å². The van der Waals surface area contributed by atoms with Gasteiger partial charge in [0.15, 0.2) is 11.1 Å². The second kappa shape index (κ2) is 9.33. The van der Waals surface area contributed by atoms with Crippen LogP contribution in [-0.2, 0) is 9.53 Å². The van der Waals surface area contributed by atoms with E-state index < -0.39 is 5.97 Å². The van der Waals surface area contributed by atoms with E-state index in [0.29, 0.717) is 29.7 Å². The number of likely N-dealkylation sites (tertiary alicyclic amines) is 1. The predicted molar refractivity (Wildman–Crippen MR) is 106 cm³/mol. The van der Waals surface area contributed by atoms with Gasteiger partial charge in [-0.15, -0.1) is 0 Å². The highest BCUT2D eigenvalue weighted by molar-refractivity contribution is 7.17. The number of nitrogens with zero attached hydrogens (tertiary/aromatic N) is 2. The Labute approximate surface area is 167 Å². The highest BCUT2D eigenvalue weighted by Crippen LogP contribution is 2.39. The lowest BCUT2D eigenvalue weighted by atomic mass is 9.98. The molecular weight excluding hydrogens is 382 g/mol. The number of carboxylic acid groups (broad SMARTS) is 1. The number of rotatable bonds is 7. The van der Waals surface area contributed by atoms with Crippen molar-refractivity contribution in [2.24, 2.45) is 11.7 Å². The van der Waals surface area contributed by atoms with Crippen LogP contribution in [0.3, 0.4) is 0 Å². The Hall–Kier alpha value is -2.20. The molecule has 5 N–H and O–H groups in total. The zero-order valence-corrected chi connectivity index (χ0v) is 16.6. The molecule has 1 aromatic heterocycles. The molecule has 1 amide bonds. The first-order valence-electron chi connectivity index (χ1n) is 9.64. The Kier molecular flexibility index (Phi) is 6.84. The zero-order valence-electron chi connectivity index (χ0n) is 15.8. The smallest absolute Gasteiger partial charge is 0.329 e. The lowest BCUT2D eigenvalue weighted by Crippen LogP contribution is -2.41. The Morgan fingerprint density at radius 3 is 2.75 bits per heavy atom. The molecule has 1 aliphatic carbocycles. The molecule has 1 saturated heterocycles. The van der Waals surface area contributed by atoms with E-state index in [1.165, 1.54) is 11.3 Å². The van der Waals surface area contributed by atoms with Crippen molar-refractivity contribution in [3.63, 3.8) is 0 Å². The zero-order chi connectivity index (χ0) is 20.1. The van der Waals surface area contributed by atoms with Crippen molar-refractivity contribution >= 4 is 34.3 Å². The molecule has 1 unspecified atom stereocenters. The van der Waals surface area contributed by atoms with Crippen LogP contribution in [-0.4, -0.2) is 59.1 Å². The number of nitrogens with two attached hydrogens (primary N) is 1. The summed E-state index contributed by atoms with van der Waals surface area (Å²) in [5.41, 5.74) is 6.25. The maximum atomic E-state index is 13.3. The molecule has 2 aliphatic rings. The summed E-state index contributed by atoms with van der Waals surface area (Å²) in [7, 11) is 0. The minimum absolute atomic E-state index is 0.0427. The molecule has 1 aromatic rings. The largest absolute Gasteiger partial charge is 0.480 e. The number of aromatic nitrogens is 1. The molecular formula is C18H27N5O4S. The van der Waals surface area contributed by atoms with Crippen molar-refractivity contribution in [2.75, 3.05) is 31.6 Å². The first-order valence-corrected chi connectivity index (χ1v) is 10.5. The topological polar surface area (TPSA) is 142 Å². The monoisotopic (exact) mass is 409 g/mol. The van der Waals surface area contributed by atoms with E-state index in [1.54, 1.807) is 0 Å². The van der Waals surface area contributed by atoms with Gasteiger partial charge < -0.3 is 25.8 Å². The number of thiazole rings is 1. The van der Waals surface area contributed by atoms with Crippen LogP contribution in [0.4, 0.5) is 5.13 Å². The van der Waals surface area contributed by atoms with Gasteiger partial charge in [-0.25, -0.2) is 9.78 Å². The third-order valence-corrected chi connectivity index (χ3v) is 6.19. The summed E-state index contributed by atoms with van der Waals surface area (Å²) < 4.78 is 5.23. The van der Waals surface area contributed by atoms with Crippen molar-refractivity contribution in [2.45, 2.75) is 44.4 Å². The Bertz CT molecular complexity index is 732. The van der Waals surface area contributed by atoms with Gasteiger partial charge in [-0.2, -0.15) is 0 Å². The number of carbonyl (C=O) groups is 2. The molecule has 3 rings (SSSR count). The normalized spacial score (nSPS) is 20.3. The van der Waals surface area contributed by atoms with E-state index in [1.807, 2.05) is 4.90 Å². The summed E-state index contributed by atoms with van der Waals surface area (Å²) in [5, 5.41) is 19.3. The lowest BCUT2D eigenvalue weighted by Gasteiger charge is -2.32. The van der Waals surface area contributed by atoms with Crippen molar-refractivity contribution < 1.29 is 19.4 Å². The van der Waals surface area contributed by atoms with Crippen LogP contribution in [0.2, 0.25) is 0 Å². The molecule has 1 aliphatic heterocycles. The summed E-state index contributed by atoms with van der Waals surface area (Å²) in [5.74, 6) is -0.815. The number of nitrogens with one attached hydrogen (secondary N) is 2. The Morgan fingerprint density at radius 1 is 1.32 bits per heavy atom. The molecule has 28 heavy (non-hydrogen) atoms. The molecule has 2 heterocycles. The fourth-order valence-corrected chi connectivity index (χ4v) is 5.00. The maximum absolute atomic E-state index is 13.3. The first kappa shape index (κ1) is 20.5. The fourth-order valence-electron chi connectivity index (χ4n) is 3.97. The number of guanidine groups is 1. The number of amides is 1. The van der Waals surface area contributed by atoms with Crippen molar-refractivity contribution in [1.82, 2.24) is 9.88 Å². The highest BCUT2D eigenvalue weighted by atomic mass is 32.1. The molecule has 1 saturated carbocycles. The molecule has 0 bridgehead atoms. The maximum Gasteiger partial charge on any atom is 0.329 e. The van der Waals surface area contributed by atoms with Gasteiger partial charge in [-0.3, -0.25) is 10.2 Å². The summed E-state index contributed by atoms with van der Waals surface area (Å²) in [4.78, 5) is 30.9. The average molecular weight is 410 g/mol. The van der Waals surface area contributed by atoms with E-state index in [4.69, 9.17) is 21.0 Å². The second-order valence-electron chi connectivity index (χ2n) is 7.42. The molecule has 2 fully saturated rings. The van der Waals surface area contributed by atoms with Crippen LogP contribution in [0.15, 0.2) is 0 Å². The molecule has 0 radical (unpaired) electrons. The van der Waals surface area contributed by atoms with Crippen LogP contribution in [0.1, 0.15) is 59.8 Å². The number of hydrogen-bond donors (Lipinski definition) is 4. The predicted octanol–water partition coefficient (Wildman–Crippen LogP) is 2.06. The van der Waals surface area contributed by atoms with Crippen LogP contribution in [0, 0.1) is 11.3 Å². The second-order valence-corrected chi connectivity index (χ2v) is 8.42. The molecule has 1 atom stereocenters. The number of carboxylic acids is 1. The minimum Gasteiger partial charge on any atom is -0.480 e. The fraction of sp³-hybridized carbons (Fsp3) is 0.667. The van der Waals surface area contributed by atoms with E-state index >= 15 is 0 Å². The third-order valence-electron chi connectivity index (χ3n) is 5.22. The highest BCUT2D eigenvalue weighted by Gasteiger charge is 2.32. The SMILES string of the molecule is N=C(N)Nc1nc(C2CCCC2)c(C(=O)N2CCCC(COCC(=O)O)C2)s1. The van der Waals surface area contributed by atoms with Gasteiger partial charge >= 0.3 is 5.97 Å². The first-order chi connectivity index (χ1) is 13.4. The van der Waals surface area contributed by atoms with E-state index in [9.17, 15) is 9.59 Å². The Balaban J connectivity index is 1.72. The average Bonchev–Trinajstić information content (AvgIpc) is 3.30. The van der Waals surface area contributed by atoms with Gasteiger partial charge in [0, 0.05) is 19.0 Å². The third kappa shape index (κ3) is 5.20. The summed E-state index contributed by atoms with van der Waals surface area (Å²) in [6.45, 7) is 1.25. The molecule has 154 valence electrons. The van der Waals surface area contributed by atoms with Gasteiger partial charge in [0.1, 0.15) is 11.5 Å². The van der Waals surface area contributed by atoms with Crippen LogP contribution in [0.25, 0.3) is 0 Å². The molecule has 10 heteroatoms. The standard InChI is InChI=1S/C18H27N5O4S/c19-17(20)22-18-21-14(12-5-1-2-6-12)15(28-18)16(26)23-7-3-4-11(8-23)9-27-10-13(24)25/h11-12H,1-10H2,(H,24,25)(H4,19,20,21,22). The van der Waals surface area contributed by atoms with Crippen molar-refractivity contribution in [3.8, 4) is 0 Å². The van der Waals surface area contributed by atoms with Gasteiger partial charge in [-0.1, -0.05) is 24.2 Å². The quantitative estimate of drug-likeness (QED) is 0.399. The number of hydrogen-bond acceptors (Lipinski definition) is 6. The number of piperidine rings is 1. The summed E-state index contributed by atoms with van der Waals surface area (Å²) in [6, 6.07) is 0. The van der Waals surface area contributed by atoms with Crippen molar-refractivity contribution in [1.29, 1.82) is 5.41 Å². The van der Waals surface area contributed by atoms with Gasteiger partial charge in [0.2, 0.25) is 0 Å². The van der Waals surface area contributed by atoms with Crippen LogP contribution in [0.5, 0.6) is 0 Å². The number of anilines is 1. The molecule has 0 aromatic carbocycles. The van der Waals surface area contributed by atoms with Gasteiger partial charge in [0.05, 0.1) is 12.3 Å². The number of carbonyl (C=O) groups excluding carboxylic acids is 1. The van der Waals surface area contributed by atoms with Gasteiger partial charge in [0.25, 0.3) is 5.91 Å². The summed E-state index contributed by atoms with van der Waals surface area (Å²) >= 11 is 1.26. The number of ether oxygens (including phenoxy) is 1. The molecule has 9 nitrogen and oxygen atoms in total. The van der Waals surface area contributed by atoms with Crippen LogP contribution >= 0.6 is 11.3 Å². The Morgan fingerprint density at radius 2 is 2.07 bits per heavy atom. The van der Waals surface area contributed by atoms with E-state index in [0.717, 1.165) is 44.2 Å². The van der Waals surface area contributed by atoms with Crippen LogP contribution < -0.4 is 11.1 Å². The molecule has 0 spiro atoms. The van der Waals surface area contributed by atoms with Crippen molar-refractivity contribution in [3.05, 3.63) is 10.6 Å². The lowest BCUT2D eigenvalue weighted by molar-refractivity contribution is -0.142. The number of aliphatic carboxylic acids is 1. The van der Waals surface area contributed by atoms with Gasteiger partial charge in [-0.05, 0) is 31.6 Å². The van der Waals surface area contributed by atoms with E-state index in [2.05, 4.69) is 10.3 Å². The minimum atomic E-state index is -0.986.